The van der Waals surface area contributed by atoms with Gasteiger partial charge in [0.1, 0.15) is 11.5 Å². The minimum absolute atomic E-state index is 0.146. The first kappa shape index (κ1) is 20.4. The molecule has 5 rings (SSSR count). The van der Waals surface area contributed by atoms with E-state index in [0.717, 1.165) is 57.2 Å². The number of fused-ring (bicyclic) bond motifs is 3. The summed E-state index contributed by atoms with van der Waals surface area (Å²) in [5, 5.41) is 15.6. The number of rotatable bonds is 5. The Morgan fingerprint density at radius 2 is 2.00 bits per heavy atom. The van der Waals surface area contributed by atoms with Gasteiger partial charge in [0.25, 0.3) is 0 Å². The number of aryl methyl sites for hydroxylation is 1. The Morgan fingerprint density at radius 3 is 2.72 bits per heavy atom. The molecule has 32 heavy (non-hydrogen) atoms. The van der Waals surface area contributed by atoms with Crippen LogP contribution in [0.15, 0.2) is 53.1 Å². The normalized spacial score (nSPS) is 12.2. The van der Waals surface area contributed by atoms with E-state index in [1.807, 2.05) is 58.9 Å². The van der Waals surface area contributed by atoms with Crippen LogP contribution in [0, 0.1) is 0 Å². The lowest BCUT2D eigenvalue weighted by molar-refractivity contribution is -0.114. The molecule has 9 heteroatoms. The lowest BCUT2D eigenvalue weighted by Crippen LogP contribution is -2.12. The van der Waals surface area contributed by atoms with Crippen molar-refractivity contribution in [2.24, 2.45) is 0 Å². The van der Waals surface area contributed by atoms with Crippen molar-refractivity contribution in [2.45, 2.75) is 26.8 Å². The van der Waals surface area contributed by atoms with Gasteiger partial charge in [-0.2, -0.15) is 10.2 Å². The van der Waals surface area contributed by atoms with Crippen molar-refractivity contribution in [3.8, 4) is 28.3 Å². The maximum atomic E-state index is 11.5. The molecule has 8 nitrogen and oxygen atoms in total. The summed E-state index contributed by atoms with van der Waals surface area (Å²) in [6.45, 7) is 5.05. The molecule has 0 radical (unpaired) electrons. The van der Waals surface area contributed by atoms with Gasteiger partial charge in [0.15, 0.2) is 5.82 Å². The first-order valence-electron chi connectivity index (χ1n) is 10.5. The molecule has 4 aromatic rings. The zero-order chi connectivity index (χ0) is 22.2. The van der Waals surface area contributed by atoms with E-state index in [0.29, 0.717) is 12.4 Å². The van der Waals surface area contributed by atoms with Crippen LogP contribution in [0.25, 0.3) is 28.3 Å². The lowest BCUT2D eigenvalue weighted by Gasteiger charge is -2.15. The SMILES string of the molecule is CCNc1ccc(-c2c3c(nn2-c2ccccc2Br)-c2cc(NC(C)=O)nn2CC3)cn1. The number of halogens is 1. The van der Waals surface area contributed by atoms with Crippen molar-refractivity contribution in [1.82, 2.24) is 24.5 Å². The van der Waals surface area contributed by atoms with Crippen LogP contribution in [0.4, 0.5) is 11.6 Å². The number of hydrogen-bond donors (Lipinski definition) is 2. The van der Waals surface area contributed by atoms with Gasteiger partial charge in [-0.1, -0.05) is 12.1 Å². The summed E-state index contributed by atoms with van der Waals surface area (Å²) in [5.41, 5.74) is 5.84. The summed E-state index contributed by atoms with van der Waals surface area (Å²) in [6, 6.07) is 14.0. The van der Waals surface area contributed by atoms with Crippen LogP contribution in [-0.2, 0) is 17.8 Å². The van der Waals surface area contributed by atoms with Crippen molar-refractivity contribution in [1.29, 1.82) is 0 Å². The highest BCUT2D eigenvalue weighted by atomic mass is 79.9. The molecule has 1 aliphatic heterocycles. The van der Waals surface area contributed by atoms with E-state index in [1.165, 1.54) is 6.92 Å². The van der Waals surface area contributed by atoms with Crippen LogP contribution in [0.1, 0.15) is 19.4 Å². The number of benzene rings is 1. The van der Waals surface area contributed by atoms with Crippen LogP contribution < -0.4 is 10.6 Å². The molecular formula is C23H22BrN7O. The van der Waals surface area contributed by atoms with E-state index in [9.17, 15) is 4.79 Å². The number of amides is 1. The molecule has 4 heterocycles. The molecule has 0 saturated heterocycles. The van der Waals surface area contributed by atoms with Gasteiger partial charge >= 0.3 is 0 Å². The number of carbonyl (C=O) groups excluding carboxylic acids is 1. The van der Waals surface area contributed by atoms with Crippen molar-refractivity contribution in [3.63, 3.8) is 0 Å². The summed E-state index contributed by atoms with van der Waals surface area (Å²) in [7, 11) is 0. The van der Waals surface area contributed by atoms with Gasteiger partial charge in [0, 0.05) is 47.9 Å². The third kappa shape index (κ3) is 3.58. The molecule has 0 aliphatic carbocycles. The molecule has 0 saturated carbocycles. The standard InChI is InChI=1S/C23H22BrN7O/c1-3-25-20-9-8-15(13-26-20)23-16-10-11-30-19(12-21(28-30)27-14(2)32)22(16)29-31(23)18-7-5-4-6-17(18)24/h4-9,12-13H,3,10-11H2,1-2H3,(H,25,26)(H,27,28,32). The number of para-hydroxylation sites is 1. The van der Waals surface area contributed by atoms with Gasteiger partial charge in [0.2, 0.25) is 5.91 Å². The van der Waals surface area contributed by atoms with Crippen LogP contribution in [0.3, 0.4) is 0 Å². The molecule has 0 bridgehead atoms. The second-order valence-electron chi connectivity index (χ2n) is 7.57. The molecule has 1 aromatic carbocycles. The molecule has 0 fully saturated rings. The second kappa shape index (κ2) is 8.23. The molecule has 0 unspecified atom stereocenters. The lowest BCUT2D eigenvalue weighted by atomic mass is 10.00. The molecular weight excluding hydrogens is 470 g/mol. The maximum absolute atomic E-state index is 11.5. The molecule has 1 aliphatic rings. The summed E-state index contributed by atoms with van der Waals surface area (Å²) >= 11 is 3.68. The van der Waals surface area contributed by atoms with E-state index in [-0.39, 0.29) is 5.91 Å². The fourth-order valence-corrected chi connectivity index (χ4v) is 4.50. The highest BCUT2D eigenvalue weighted by molar-refractivity contribution is 9.10. The Morgan fingerprint density at radius 1 is 1.16 bits per heavy atom. The average Bonchev–Trinajstić information content (AvgIpc) is 3.35. The zero-order valence-corrected chi connectivity index (χ0v) is 19.3. The maximum Gasteiger partial charge on any atom is 0.222 e. The highest BCUT2D eigenvalue weighted by Crippen LogP contribution is 2.39. The van der Waals surface area contributed by atoms with Crippen molar-refractivity contribution < 1.29 is 4.79 Å². The van der Waals surface area contributed by atoms with Crippen LogP contribution >= 0.6 is 15.9 Å². The topological polar surface area (TPSA) is 89.7 Å². The van der Waals surface area contributed by atoms with E-state index >= 15 is 0 Å². The van der Waals surface area contributed by atoms with Crippen LogP contribution in [0.2, 0.25) is 0 Å². The van der Waals surface area contributed by atoms with Gasteiger partial charge in [-0.15, -0.1) is 0 Å². The minimum atomic E-state index is -0.146. The predicted octanol–water partition coefficient (Wildman–Crippen LogP) is 4.51. The number of pyridine rings is 1. The fraction of sp³-hybridized carbons (Fsp3) is 0.217. The number of carbonyl (C=O) groups is 1. The average molecular weight is 492 g/mol. The molecule has 1 amide bonds. The Labute approximate surface area is 193 Å². The van der Waals surface area contributed by atoms with Gasteiger partial charge in [-0.05, 0) is 53.5 Å². The van der Waals surface area contributed by atoms with E-state index in [1.54, 1.807) is 0 Å². The smallest absolute Gasteiger partial charge is 0.222 e. The number of nitrogens with zero attached hydrogens (tertiary/aromatic N) is 5. The molecule has 3 aromatic heterocycles. The summed E-state index contributed by atoms with van der Waals surface area (Å²) < 4.78 is 4.83. The van der Waals surface area contributed by atoms with Gasteiger partial charge in [-0.25, -0.2) is 9.67 Å². The second-order valence-corrected chi connectivity index (χ2v) is 8.42. The van der Waals surface area contributed by atoms with Crippen molar-refractivity contribution in [2.75, 3.05) is 17.2 Å². The quantitative estimate of drug-likeness (QED) is 0.428. The highest BCUT2D eigenvalue weighted by Gasteiger charge is 2.28. The van der Waals surface area contributed by atoms with Crippen LogP contribution in [0.5, 0.6) is 0 Å². The van der Waals surface area contributed by atoms with E-state index < -0.39 is 0 Å². The first-order valence-corrected chi connectivity index (χ1v) is 11.3. The van der Waals surface area contributed by atoms with E-state index in [2.05, 4.69) is 42.7 Å². The number of aromatic nitrogens is 5. The first-order chi connectivity index (χ1) is 15.5. The third-order valence-corrected chi connectivity index (χ3v) is 6.03. The fourth-order valence-electron chi connectivity index (χ4n) is 4.04. The zero-order valence-electron chi connectivity index (χ0n) is 17.8. The van der Waals surface area contributed by atoms with Gasteiger partial charge in [0.05, 0.1) is 17.1 Å². The summed E-state index contributed by atoms with van der Waals surface area (Å²) in [4.78, 5) is 16.1. The monoisotopic (exact) mass is 491 g/mol. The van der Waals surface area contributed by atoms with Crippen LogP contribution in [-0.4, -0.2) is 37.0 Å². The van der Waals surface area contributed by atoms with E-state index in [4.69, 9.17) is 5.10 Å². The predicted molar refractivity (Wildman–Crippen MR) is 128 cm³/mol. The Bertz CT molecular complexity index is 1310. The number of hydrogen-bond acceptors (Lipinski definition) is 5. The molecule has 0 spiro atoms. The molecule has 162 valence electrons. The number of nitrogens with one attached hydrogen (secondary N) is 2. The minimum Gasteiger partial charge on any atom is -0.370 e. The van der Waals surface area contributed by atoms with Gasteiger partial charge in [-0.3, -0.25) is 9.48 Å². The Kier molecular flexibility index (Phi) is 5.26. The molecule has 0 atom stereocenters. The van der Waals surface area contributed by atoms with Crippen molar-refractivity contribution in [3.05, 3.63) is 58.7 Å². The van der Waals surface area contributed by atoms with Gasteiger partial charge < -0.3 is 10.6 Å². The van der Waals surface area contributed by atoms with Crippen molar-refractivity contribution >= 4 is 33.5 Å². The Hall–Kier alpha value is -3.46. The summed E-state index contributed by atoms with van der Waals surface area (Å²) in [6.07, 6.45) is 2.66. The molecule has 2 N–H and O–H groups in total. The summed E-state index contributed by atoms with van der Waals surface area (Å²) in [5.74, 6) is 1.23. The third-order valence-electron chi connectivity index (χ3n) is 5.36. The Balaban J connectivity index is 1.70. The number of anilines is 2. The largest absolute Gasteiger partial charge is 0.370 e.